The van der Waals surface area contributed by atoms with Crippen molar-refractivity contribution in [3.8, 4) is 30.6 Å². The number of aryl methyl sites for hydroxylation is 5. The number of fused-ring (bicyclic) bond motifs is 2. The Kier molecular flexibility index (Phi) is 4.97. The normalized spacial score (nSPS) is 11.9. The highest BCUT2D eigenvalue weighted by Crippen LogP contribution is 2.53. The van der Waals surface area contributed by atoms with E-state index in [1.807, 2.05) is 56.7 Å². The quantitative estimate of drug-likeness (QED) is 0.224. The summed E-state index contributed by atoms with van der Waals surface area (Å²) in [4.78, 5) is 11.1. The summed E-state index contributed by atoms with van der Waals surface area (Å²) >= 11 is 9.67. The van der Waals surface area contributed by atoms with Crippen molar-refractivity contribution in [1.82, 2.24) is 0 Å². The van der Waals surface area contributed by atoms with Crippen molar-refractivity contribution >= 4 is 76.9 Å². The lowest BCUT2D eigenvalue weighted by Gasteiger charge is -2.09. The van der Waals surface area contributed by atoms with Crippen LogP contribution in [0.25, 0.3) is 50.8 Å². The Labute approximate surface area is 208 Å². The van der Waals surface area contributed by atoms with Gasteiger partial charge in [0.1, 0.15) is 0 Å². The third-order valence-corrected chi connectivity index (χ3v) is 11.4. The Hall–Kier alpha value is -1.76. The molecule has 5 heterocycles. The van der Waals surface area contributed by atoms with Gasteiger partial charge in [0.2, 0.25) is 0 Å². The molecule has 6 rings (SSSR count). The third-order valence-electron chi connectivity index (χ3n) is 5.82. The maximum atomic E-state index is 2.47. The second-order valence-corrected chi connectivity index (χ2v) is 14.5. The first-order valence-electron chi connectivity index (χ1n) is 10.6. The molecule has 0 nitrogen and oxygen atoms in total. The Balaban J connectivity index is 1.79. The van der Waals surface area contributed by atoms with Gasteiger partial charge in [-0.1, -0.05) is 0 Å². The fraction of sp³-hybridized carbons (Fsp3) is 0.185. The minimum Gasteiger partial charge on any atom is -0.141 e. The second kappa shape index (κ2) is 7.64. The number of hydrogen-bond donors (Lipinski definition) is 0. The summed E-state index contributed by atoms with van der Waals surface area (Å²) in [6.45, 7) is 11.1. The minimum atomic E-state index is 1.37. The van der Waals surface area contributed by atoms with Crippen LogP contribution in [0.1, 0.15) is 25.1 Å². The van der Waals surface area contributed by atoms with Gasteiger partial charge in [-0.3, -0.25) is 0 Å². The first-order valence-corrected chi connectivity index (χ1v) is 14.7. The topological polar surface area (TPSA) is 0 Å². The molecule has 0 aliphatic carbocycles. The molecule has 0 fully saturated rings. The lowest BCUT2D eigenvalue weighted by Crippen LogP contribution is -1.81. The molecule has 0 saturated carbocycles. The van der Waals surface area contributed by atoms with Crippen LogP contribution in [-0.2, 0) is 0 Å². The number of rotatable bonds is 3. The molecule has 0 saturated heterocycles. The van der Waals surface area contributed by atoms with Crippen molar-refractivity contribution in [1.29, 1.82) is 0 Å². The van der Waals surface area contributed by atoms with E-state index in [1.54, 1.807) is 0 Å². The number of thiophene rings is 5. The van der Waals surface area contributed by atoms with Crippen LogP contribution in [0.3, 0.4) is 0 Å². The van der Waals surface area contributed by atoms with Crippen LogP contribution in [0.2, 0.25) is 0 Å². The smallest absolute Gasteiger partial charge is 0.0475 e. The van der Waals surface area contributed by atoms with Crippen molar-refractivity contribution in [2.24, 2.45) is 0 Å². The van der Waals surface area contributed by atoms with E-state index in [9.17, 15) is 0 Å². The first-order chi connectivity index (χ1) is 15.4. The van der Waals surface area contributed by atoms with Gasteiger partial charge < -0.3 is 0 Å². The Morgan fingerprint density at radius 3 is 1.56 bits per heavy atom. The molecule has 0 spiro atoms. The van der Waals surface area contributed by atoms with Crippen LogP contribution in [0.5, 0.6) is 0 Å². The standard InChI is InChI=1S/C27H22S5/c1-13-10-16(4)30-25(13)22-12-19-24(21-9-7-15(3)29-21)26-18(11-17(5)31-26)23(27(19)32-22)20-8-6-14(2)28-20/h6-12H,1-5H3. The first kappa shape index (κ1) is 20.8. The van der Waals surface area contributed by atoms with E-state index in [0.717, 1.165) is 0 Å². The van der Waals surface area contributed by atoms with E-state index in [1.165, 1.54) is 75.9 Å². The molecule has 160 valence electrons. The van der Waals surface area contributed by atoms with Crippen molar-refractivity contribution in [3.05, 3.63) is 67.5 Å². The summed E-state index contributed by atoms with van der Waals surface area (Å²) in [5.41, 5.74) is 4.24. The lowest BCUT2D eigenvalue weighted by atomic mass is 9.99. The number of hydrogen-bond acceptors (Lipinski definition) is 5. The molecule has 0 aliphatic rings. The average molecular weight is 507 g/mol. The summed E-state index contributed by atoms with van der Waals surface area (Å²) < 4.78 is 2.86. The summed E-state index contributed by atoms with van der Waals surface area (Å²) in [6.07, 6.45) is 0. The SMILES string of the molecule is Cc1ccc(-c2c3cc(-c4sc(C)cc4C)sc3c(-c3ccc(C)s3)c3cc(C)sc23)s1. The molecule has 0 atom stereocenters. The van der Waals surface area contributed by atoms with Gasteiger partial charge in [-0.25, -0.2) is 0 Å². The predicted octanol–water partition coefficient (Wildman–Crippen LogP) is 10.8. The van der Waals surface area contributed by atoms with Gasteiger partial charge in [0.05, 0.1) is 0 Å². The fourth-order valence-electron chi connectivity index (χ4n) is 4.52. The van der Waals surface area contributed by atoms with Gasteiger partial charge in [-0.05, 0) is 82.6 Å². The molecule has 5 aromatic heterocycles. The van der Waals surface area contributed by atoms with Gasteiger partial charge in [0, 0.05) is 70.3 Å². The van der Waals surface area contributed by atoms with Crippen LogP contribution < -0.4 is 0 Å². The molecule has 5 heteroatoms. The highest BCUT2D eigenvalue weighted by molar-refractivity contribution is 7.28. The van der Waals surface area contributed by atoms with Gasteiger partial charge >= 0.3 is 0 Å². The minimum absolute atomic E-state index is 1.37. The van der Waals surface area contributed by atoms with Crippen LogP contribution in [0, 0.1) is 34.6 Å². The largest absolute Gasteiger partial charge is 0.141 e. The van der Waals surface area contributed by atoms with Gasteiger partial charge in [-0.2, -0.15) is 0 Å². The van der Waals surface area contributed by atoms with E-state index in [4.69, 9.17) is 0 Å². The van der Waals surface area contributed by atoms with E-state index in [-0.39, 0.29) is 0 Å². The highest BCUT2D eigenvalue weighted by atomic mass is 32.1. The Morgan fingerprint density at radius 1 is 0.469 bits per heavy atom. The van der Waals surface area contributed by atoms with Crippen LogP contribution in [-0.4, -0.2) is 0 Å². The van der Waals surface area contributed by atoms with Gasteiger partial charge in [0.15, 0.2) is 0 Å². The zero-order valence-electron chi connectivity index (χ0n) is 18.6. The molecule has 0 aliphatic heterocycles. The summed E-state index contributed by atoms with van der Waals surface area (Å²) in [5.74, 6) is 0. The van der Waals surface area contributed by atoms with E-state index in [0.29, 0.717) is 0 Å². The average Bonchev–Trinajstić information content (AvgIpc) is 3.53. The molecular weight excluding hydrogens is 485 g/mol. The molecule has 0 N–H and O–H groups in total. The van der Waals surface area contributed by atoms with Gasteiger partial charge in [-0.15, -0.1) is 56.7 Å². The van der Waals surface area contributed by atoms with Gasteiger partial charge in [0.25, 0.3) is 0 Å². The van der Waals surface area contributed by atoms with E-state index < -0.39 is 0 Å². The van der Waals surface area contributed by atoms with Crippen molar-refractivity contribution in [2.45, 2.75) is 34.6 Å². The van der Waals surface area contributed by atoms with E-state index in [2.05, 4.69) is 77.1 Å². The maximum absolute atomic E-state index is 2.47. The fourth-order valence-corrected chi connectivity index (χ4v) is 10.0. The molecule has 0 unspecified atom stereocenters. The Morgan fingerprint density at radius 2 is 1.03 bits per heavy atom. The molecule has 6 aromatic rings. The highest BCUT2D eigenvalue weighted by Gasteiger charge is 2.23. The zero-order chi connectivity index (χ0) is 22.1. The van der Waals surface area contributed by atoms with Crippen LogP contribution in [0.4, 0.5) is 0 Å². The molecule has 0 bridgehead atoms. The second-order valence-electron chi connectivity index (χ2n) is 8.39. The predicted molar refractivity (Wildman–Crippen MR) is 151 cm³/mol. The number of benzene rings is 1. The monoisotopic (exact) mass is 506 g/mol. The molecule has 0 amide bonds. The summed E-state index contributed by atoms with van der Waals surface area (Å²) in [7, 11) is 0. The third kappa shape index (κ3) is 3.25. The molecular formula is C27H22S5. The summed E-state index contributed by atoms with van der Waals surface area (Å²) in [6, 6.07) is 16.4. The Bertz CT molecular complexity index is 1530. The van der Waals surface area contributed by atoms with Crippen LogP contribution in [0.15, 0.2) is 42.5 Å². The summed E-state index contributed by atoms with van der Waals surface area (Å²) in [5, 5.41) is 2.82. The molecule has 32 heavy (non-hydrogen) atoms. The lowest BCUT2D eigenvalue weighted by molar-refractivity contribution is 1.51. The molecule has 0 radical (unpaired) electrons. The van der Waals surface area contributed by atoms with E-state index >= 15 is 0 Å². The molecule has 1 aromatic carbocycles. The van der Waals surface area contributed by atoms with Crippen LogP contribution >= 0.6 is 56.7 Å². The van der Waals surface area contributed by atoms with Crippen molar-refractivity contribution in [2.75, 3.05) is 0 Å². The van der Waals surface area contributed by atoms with Crippen molar-refractivity contribution < 1.29 is 0 Å². The van der Waals surface area contributed by atoms with Crippen molar-refractivity contribution in [3.63, 3.8) is 0 Å². The zero-order valence-corrected chi connectivity index (χ0v) is 22.7. The maximum Gasteiger partial charge on any atom is 0.0475 e.